The van der Waals surface area contributed by atoms with Crippen LogP contribution in [0.25, 0.3) is 0 Å². The molecule has 6 heteroatoms. The molecule has 0 saturated carbocycles. The average molecular weight is 291 g/mol. The van der Waals surface area contributed by atoms with E-state index in [2.05, 4.69) is 22.1 Å². The fourth-order valence-electron chi connectivity index (χ4n) is 1.41. The van der Waals surface area contributed by atoms with Gasteiger partial charge in [0, 0.05) is 4.88 Å². The van der Waals surface area contributed by atoms with E-state index in [0.29, 0.717) is 18.0 Å². The van der Waals surface area contributed by atoms with E-state index in [0.717, 1.165) is 15.4 Å². The maximum absolute atomic E-state index is 11.9. The van der Waals surface area contributed by atoms with Crippen molar-refractivity contribution in [2.24, 2.45) is 5.73 Å². The van der Waals surface area contributed by atoms with E-state index in [9.17, 15) is 4.79 Å². The number of thiazole rings is 1. The summed E-state index contributed by atoms with van der Waals surface area (Å²) < 4.78 is 0. The van der Waals surface area contributed by atoms with Crippen molar-refractivity contribution >= 4 is 28.6 Å². The molecular formula is C13H13N3OS2. The number of nitrogens with two attached hydrogens (primary N) is 1. The molecule has 2 rings (SSSR count). The third kappa shape index (κ3) is 3.64. The minimum Gasteiger partial charge on any atom is -0.346 e. The third-order valence-corrected chi connectivity index (χ3v) is 4.33. The molecule has 98 valence electrons. The van der Waals surface area contributed by atoms with Gasteiger partial charge in [0.15, 0.2) is 0 Å². The molecule has 0 aliphatic heterocycles. The zero-order valence-corrected chi connectivity index (χ0v) is 12.0. The highest BCUT2D eigenvalue weighted by atomic mass is 32.1. The fraction of sp³-hybridized carbons (Fsp3) is 0.231. The first kappa shape index (κ1) is 13.7. The topological polar surface area (TPSA) is 68.0 Å². The summed E-state index contributed by atoms with van der Waals surface area (Å²) >= 11 is 2.91. The molecule has 0 fully saturated rings. The highest BCUT2D eigenvalue weighted by Crippen LogP contribution is 2.16. The van der Waals surface area contributed by atoms with Crippen LogP contribution in [0.15, 0.2) is 17.6 Å². The first-order valence-electron chi connectivity index (χ1n) is 5.66. The third-order valence-electron chi connectivity index (χ3n) is 2.40. The molecule has 2 aromatic rings. The number of aromatic nitrogens is 1. The largest absolute Gasteiger partial charge is 0.346 e. The number of hydrogen-bond donors (Lipinski definition) is 2. The molecule has 0 atom stereocenters. The number of carbonyl (C=O) groups is 1. The molecule has 0 aromatic carbocycles. The van der Waals surface area contributed by atoms with Gasteiger partial charge in [-0.15, -0.1) is 22.7 Å². The smallest absolute Gasteiger partial charge is 0.261 e. The summed E-state index contributed by atoms with van der Waals surface area (Å²) in [5.74, 6) is 5.60. The summed E-state index contributed by atoms with van der Waals surface area (Å²) in [6.45, 7) is 2.77. The van der Waals surface area contributed by atoms with Crippen LogP contribution in [-0.2, 0) is 6.54 Å². The highest BCUT2D eigenvalue weighted by molar-refractivity contribution is 7.14. The lowest BCUT2D eigenvalue weighted by atomic mass is 10.3. The number of nitrogens with one attached hydrogen (secondary N) is 1. The Balaban J connectivity index is 1.96. The van der Waals surface area contributed by atoms with Gasteiger partial charge in [0.2, 0.25) is 0 Å². The predicted octanol–water partition coefficient (Wildman–Crippen LogP) is 1.75. The van der Waals surface area contributed by atoms with E-state index in [-0.39, 0.29) is 5.91 Å². The lowest BCUT2D eigenvalue weighted by Gasteiger charge is -2.01. The van der Waals surface area contributed by atoms with Crippen LogP contribution in [0.5, 0.6) is 0 Å². The maximum Gasteiger partial charge on any atom is 0.261 e. The second-order valence-corrected chi connectivity index (χ2v) is 5.74. The van der Waals surface area contributed by atoms with Crippen LogP contribution in [0.4, 0.5) is 0 Å². The monoisotopic (exact) mass is 291 g/mol. The number of rotatable bonds is 3. The van der Waals surface area contributed by atoms with Crippen molar-refractivity contribution in [2.75, 3.05) is 6.54 Å². The molecule has 0 saturated heterocycles. The van der Waals surface area contributed by atoms with Crippen molar-refractivity contribution < 1.29 is 4.79 Å². The molecule has 2 aromatic heterocycles. The van der Waals surface area contributed by atoms with Crippen molar-refractivity contribution in [1.82, 2.24) is 10.3 Å². The van der Waals surface area contributed by atoms with Crippen molar-refractivity contribution in [3.63, 3.8) is 0 Å². The standard InChI is InChI=1S/C13H13N3OS2/c1-9-12(18-8-16-9)7-15-13(17)11-5-4-10(19-11)3-2-6-14/h4-5,8H,6-7,14H2,1H3,(H,15,17). The van der Waals surface area contributed by atoms with Crippen molar-refractivity contribution in [1.29, 1.82) is 0 Å². The molecular weight excluding hydrogens is 278 g/mol. The van der Waals surface area contributed by atoms with Gasteiger partial charge in [0.1, 0.15) is 0 Å². The summed E-state index contributed by atoms with van der Waals surface area (Å²) in [7, 11) is 0. The molecule has 19 heavy (non-hydrogen) atoms. The highest BCUT2D eigenvalue weighted by Gasteiger charge is 2.09. The molecule has 0 aliphatic carbocycles. The number of amides is 1. The number of thiophene rings is 1. The number of nitrogens with zero attached hydrogens (tertiary/aromatic N) is 1. The summed E-state index contributed by atoms with van der Waals surface area (Å²) in [6, 6.07) is 3.61. The first-order chi connectivity index (χ1) is 9.20. The molecule has 0 aliphatic rings. The Hall–Kier alpha value is -1.68. The van der Waals surface area contributed by atoms with Gasteiger partial charge in [0.05, 0.1) is 34.0 Å². The van der Waals surface area contributed by atoms with E-state index in [4.69, 9.17) is 5.73 Å². The Labute approximate surface area is 119 Å². The van der Waals surface area contributed by atoms with Crippen LogP contribution < -0.4 is 11.1 Å². The number of hydrogen-bond acceptors (Lipinski definition) is 5. The van der Waals surface area contributed by atoms with E-state index >= 15 is 0 Å². The normalized spacial score (nSPS) is 9.79. The van der Waals surface area contributed by atoms with Crippen LogP contribution in [0.1, 0.15) is 25.1 Å². The first-order valence-corrected chi connectivity index (χ1v) is 7.36. The Morgan fingerprint density at radius 1 is 1.53 bits per heavy atom. The van der Waals surface area contributed by atoms with Crippen LogP contribution in [0.2, 0.25) is 0 Å². The van der Waals surface area contributed by atoms with Gasteiger partial charge in [-0.3, -0.25) is 4.79 Å². The Kier molecular flexibility index (Phi) is 4.68. The van der Waals surface area contributed by atoms with Gasteiger partial charge >= 0.3 is 0 Å². The molecule has 0 bridgehead atoms. The molecule has 3 N–H and O–H groups in total. The Bertz CT molecular complexity index is 634. The minimum absolute atomic E-state index is 0.0846. The van der Waals surface area contributed by atoms with Crippen LogP contribution >= 0.6 is 22.7 Å². The summed E-state index contributed by atoms with van der Waals surface area (Å²) in [4.78, 5) is 18.7. The van der Waals surface area contributed by atoms with E-state index in [1.165, 1.54) is 11.3 Å². The predicted molar refractivity (Wildman–Crippen MR) is 78.3 cm³/mol. The van der Waals surface area contributed by atoms with Crippen LogP contribution in [0, 0.1) is 18.8 Å². The zero-order chi connectivity index (χ0) is 13.7. The minimum atomic E-state index is -0.0846. The van der Waals surface area contributed by atoms with Gasteiger partial charge in [0.25, 0.3) is 5.91 Å². The number of carbonyl (C=O) groups excluding carboxylic acids is 1. The molecule has 0 radical (unpaired) electrons. The molecule has 0 spiro atoms. The van der Waals surface area contributed by atoms with Gasteiger partial charge < -0.3 is 11.1 Å². The van der Waals surface area contributed by atoms with Gasteiger partial charge in [-0.05, 0) is 19.1 Å². The molecule has 0 unspecified atom stereocenters. The summed E-state index contributed by atoms with van der Waals surface area (Å²) in [5.41, 5.74) is 8.05. The second-order valence-electron chi connectivity index (χ2n) is 3.71. The van der Waals surface area contributed by atoms with Crippen molar-refractivity contribution in [3.8, 4) is 11.8 Å². The SMILES string of the molecule is Cc1ncsc1CNC(=O)c1ccc(C#CCN)s1. The lowest BCUT2D eigenvalue weighted by molar-refractivity contribution is 0.0955. The maximum atomic E-state index is 11.9. The fourth-order valence-corrected chi connectivity index (χ4v) is 2.92. The zero-order valence-electron chi connectivity index (χ0n) is 10.4. The van der Waals surface area contributed by atoms with E-state index < -0.39 is 0 Å². The average Bonchev–Trinajstić information content (AvgIpc) is 3.03. The molecule has 4 nitrogen and oxygen atoms in total. The Morgan fingerprint density at radius 3 is 3.05 bits per heavy atom. The summed E-state index contributed by atoms with van der Waals surface area (Å²) in [6.07, 6.45) is 0. The van der Waals surface area contributed by atoms with Crippen LogP contribution in [0.3, 0.4) is 0 Å². The lowest BCUT2D eigenvalue weighted by Crippen LogP contribution is -2.21. The summed E-state index contributed by atoms with van der Waals surface area (Å²) in [5, 5.41) is 2.88. The molecule has 2 heterocycles. The Morgan fingerprint density at radius 2 is 2.37 bits per heavy atom. The number of aryl methyl sites for hydroxylation is 1. The van der Waals surface area contributed by atoms with Gasteiger partial charge in [-0.2, -0.15) is 0 Å². The van der Waals surface area contributed by atoms with Crippen LogP contribution in [-0.4, -0.2) is 17.4 Å². The van der Waals surface area contributed by atoms with Crippen molar-refractivity contribution in [3.05, 3.63) is 38.0 Å². The van der Waals surface area contributed by atoms with Crippen molar-refractivity contribution in [2.45, 2.75) is 13.5 Å². The van der Waals surface area contributed by atoms with Gasteiger partial charge in [-0.1, -0.05) is 11.8 Å². The van der Waals surface area contributed by atoms with E-state index in [1.54, 1.807) is 22.9 Å². The quantitative estimate of drug-likeness (QED) is 0.847. The molecule has 1 amide bonds. The second kappa shape index (κ2) is 6.48. The van der Waals surface area contributed by atoms with Gasteiger partial charge in [-0.25, -0.2) is 4.98 Å². The van der Waals surface area contributed by atoms with E-state index in [1.807, 2.05) is 13.0 Å².